The zero-order valence-corrected chi connectivity index (χ0v) is 9.85. The number of carboxylic acid groups (broad SMARTS) is 1. The van der Waals surface area contributed by atoms with Gasteiger partial charge in [0.2, 0.25) is 0 Å². The summed E-state index contributed by atoms with van der Waals surface area (Å²) in [6.45, 7) is 1.27. The monoisotopic (exact) mass is 238 g/mol. The Morgan fingerprint density at radius 1 is 1.47 bits per heavy atom. The number of ether oxygens (including phenoxy) is 1. The molecular formula is C12H18N2O3. The van der Waals surface area contributed by atoms with Crippen LogP contribution in [0.15, 0.2) is 24.3 Å². The van der Waals surface area contributed by atoms with Crippen LogP contribution in [-0.2, 0) is 11.3 Å². The Kier molecular flexibility index (Phi) is 5.45. The first kappa shape index (κ1) is 13.5. The summed E-state index contributed by atoms with van der Waals surface area (Å²) < 4.78 is 5.05. The van der Waals surface area contributed by atoms with Crippen molar-refractivity contribution >= 4 is 5.97 Å². The molecule has 0 aliphatic heterocycles. The molecular weight excluding hydrogens is 220 g/mol. The average molecular weight is 238 g/mol. The summed E-state index contributed by atoms with van der Waals surface area (Å²) in [6.07, 6.45) is 0.422. The molecule has 5 heteroatoms. The number of hydrogen-bond donors (Lipinski definition) is 3. The molecule has 0 saturated carbocycles. The van der Waals surface area contributed by atoms with E-state index in [1.807, 2.05) is 24.3 Å². The summed E-state index contributed by atoms with van der Waals surface area (Å²) in [4.78, 5) is 10.5. The van der Waals surface area contributed by atoms with Gasteiger partial charge in [-0.25, -0.2) is 0 Å². The first-order valence-corrected chi connectivity index (χ1v) is 5.45. The normalized spacial score (nSPS) is 12.1. The molecule has 94 valence electrons. The number of nitrogens with two attached hydrogens (primary N) is 1. The van der Waals surface area contributed by atoms with Crippen LogP contribution in [0.3, 0.4) is 0 Å². The zero-order chi connectivity index (χ0) is 12.7. The van der Waals surface area contributed by atoms with Crippen molar-refractivity contribution < 1.29 is 14.6 Å². The highest BCUT2D eigenvalue weighted by Gasteiger charge is 2.09. The molecule has 4 N–H and O–H groups in total. The number of hydrogen-bond acceptors (Lipinski definition) is 4. The summed E-state index contributed by atoms with van der Waals surface area (Å²) >= 11 is 0. The van der Waals surface area contributed by atoms with Gasteiger partial charge in [-0.1, -0.05) is 12.1 Å². The molecule has 0 radical (unpaired) electrons. The van der Waals surface area contributed by atoms with Gasteiger partial charge >= 0.3 is 5.97 Å². The largest absolute Gasteiger partial charge is 0.497 e. The number of benzene rings is 1. The van der Waals surface area contributed by atoms with Crippen molar-refractivity contribution in [1.82, 2.24) is 5.32 Å². The van der Waals surface area contributed by atoms with E-state index in [2.05, 4.69) is 5.32 Å². The lowest BCUT2D eigenvalue weighted by molar-refractivity contribution is -0.138. The summed E-state index contributed by atoms with van der Waals surface area (Å²) in [7, 11) is 1.63. The fourth-order valence-electron chi connectivity index (χ4n) is 1.36. The quantitative estimate of drug-likeness (QED) is 0.605. The number of carboxylic acids is 1. The fraction of sp³-hybridized carbons (Fsp3) is 0.417. The summed E-state index contributed by atoms with van der Waals surface area (Å²) in [6, 6.07) is 6.91. The van der Waals surface area contributed by atoms with Gasteiger partial charge < -0.3 is 20.9 Å². The summed E-state index contributed by atoms with van der Waals surface area (Å²) in [5.74, 6) is -0.141. The smallest absolute Gasteiger partial charge is 0.320 e. The van der Waals surface area contributed by atoms with E-state index in [9.17, 15) is 4.79 Å². The van der Waals surface area contributed by atoms with E-state index in [1.54, 1.807) is 7.11 Å². The predicted octanol–water partition coefficient (Wildman–Crippen LogP) is 0.587. The molecule has 1 rings (SSSR count). The van der Waals surface area contributed by atoms with Crippen molar-refractivity contribution in [3.8, 4) is 5.75 Å². The van der Waals surface area contributed by atoms with Crippen molar-refractivity contribution in [2.24, 2.45) is 5.73 Å². The van der Waals surface area contributed by atoms with Gasteiger partial charge in [0.05, 0.1) is 7.11 Å². The second kappa shape index (κ2) is 6.88. The number of rotatable bonds is 7. The molecule has 1 atom stereocenters. The molecule has 0 aromatic heterocycles. The van der Waals surface area contributed by atoms with E-state index in [1.165, 1.54) is 0 Å². The van der Waals surface area contributed by atoms with Crippen molar-refractivity contribution in [2.45, 2.75) is 19.0 Å². The summed E-state index contributed by atoms with van der Waals surface area (Å²) in [5.41, 5.74) is 6.50. The van der Waals surface area contributed by atoms with Gasteiger partial charge in [0.15, 0.2) is 0 Å². The van der Waals surface area contributed by atoms with Crippen LogP contribution >= 0.6 is 0 Å². The van der Waals surface area contributed by atoms with Crippen molar-refractivity contribution in [3.63, 3.8) is 0 Å². The molecule has 17 heavy (non-hydrogen) atoms. The molecule has 0 aliphatic carbocycles. The van der Waals surface area contributed by atoms with Gasteiger partial charge in [0.1, 0.15) is 11.8 Å². The number of methoxy groups -OCH3 is 1. The van der Waals surface area contributed by atoms with E-state index < -0.39 is 12.0 Å². The van der Waals surface area contributed by atoms with Crippen LogP contribution in [0.5, 0.6) is 5.75 Å². The van der Waals surface area contributed by atoms with Crippen LogP contribution in [-0.4, -0.2) is 30.8 Å². The Bertz CT molecular complexity index is 351. The third kappa shape index (κ3) is 4.84. The first-order chi connectivity index (χ1) is 8.13. The fourth-order valence-corrected chi connectivity index (χ4v) is 1.36. The van der Waals surface area contributed by atoms with Crippen LogP contribution in [0.1, 0.15) is 12.0 Å². The maximum absolute atomic E-state index is 10.5. The molecule has 0 heterocycles. The number of aliphatic carboxylic acids is 1. The van der Waals surface area contributed by atoms with E-state index in [-0.39, 0.29) is 0 Å². The van der Waals surface area contributed by atoms with Gasteiger partial charge in [0, 0.05) is 6.54 Å². The molecule has 1 aromatic carbocycles. The van der Waals surface area contributed by atoms with Crippen molar-refractivity contribution in [3.05, 3.63) is 29.8 Å². The third-order valence-corrected chi connectivity index (χ3v) is 2.44. The molecule has 0 fully saturated rings. The molecule has 1 aromatic rings. The Balaban J connectivity index is 2.24. The summed E-state index contributed by atoms with van der Waals surface area (Å²) in [5, 5.41) is 11.7. The number of nitrogens with one attached hydrogen (secondary N) is 1. The Morgan fingerprint density at radius 3 is 2.65 bits per heavy atom. The van der Waals surface area contributed by atoms with Crippen LogP contribution < -0.4 is 15.8 Å². The van der Waals surface area contributed by atoms with Crippen LogP contribution in [0.25, 0.3) is 0 Å². The van der Waals surface area contributed by atoms with Crippen molar-refractivity contribution in [1.29, 1.82) is 0 Å². The maximum Gasteiger partial charge on any atom is 0.320 e. The van der Waals surface area contributed by atoms with E-state index in [0.29, 0.717) is 19.5 Å². The molecule has 1 unspecified atom stereocenters. The highest BCUT2D eigenvalue weighted by Crippen LogP contribution is 2.10. The van der Waals surface area contributed by atoms with E-state index in [4.69, 9.17) is 15.6 Å². The SMILES string of the molecule is COc1ccc(CNCCC(N)C(=O)O)cc1. The minimum Gasteiger partial charge on any atom is -0.497 e. The lowest BCUT2D eigenvalue weighted by Gasteiger charge is -2.08. The second-order valence-corrected chi connectivity index (χ2v) is 3.76. The van der Waals surface area contributed by atoms with Crippen molar-refractivity contribution in [2.75, 3.05) is 13.7 Å². The van der Waals surface area contributed by atoms with Crippen LogP contribution in [0, 0.1) is 0 Å². The maximum atomic E-state index is 10.5. The number of carbonyl (C=O) groups is 1. The first-order valence-electron chi connectivity index (χ1n) is 5.45. The van der Waals surface area contributed by atoms with E-state index in [0.717, 1.165) is 11.3 Å². The van der Waals surface area contributed by atoms with Crippen LogP contribution in [0.4, 0.5) is 0 Å². The minimum atomic E-state index is -0.962. The topological polar surface area (TPSA) is 84.6 Å². The lowest BCUT2D eigenvalue weighted by atomic mass is 10.2. The van der Waals surface area contributed by atoms with Gasteiger partial charge in [-0.05, 0) is 30.7 Å². The van der Waals surface area contributed by atoms with Crippen LogP contribution in [0.2, 0.25) is 0 Å². The lowest BCUT2D eigenvalue weighted by Crippen LogP contribution is -2.33. The van der Waals surface area contributed by atoms with Gasteiger partial charge in [0.25, 0.3) is 0 Å². The Morgan fingerprint density at radius 2 is 2.12 bits per heavy atom. The van der Waals surface area contributed by atoms with Gasteiger partial charge in [-0.15, -0.1) is 0 Å². The highest BCUT2D eigenvalue weighted by molar-refractivity contribution is 5.72. The molecule has 5 nitrogen and oxygen atoms in total. The zero-order valence-electron chi connectivity index (χ0n) is 9.85. The molecule has 0 amide bonds. The highest BCUT2D eigenvalue weighted by atomic mass is 16.5. The third-order valence-electron chi connectivity index (χ3n) is 2.44. The van der Waals surface area contributed by atoms with Gasteiger partial charge in [-0.3, -0.25) is 4.79 Å². The standard InChI is InChI=1S/C12H18N2O3/c1-17-10-4-2-9(3-5-10)8-14-7-6-11(13)12(15)16/h2-5,11,14H,6-8,13H2,1H3,(H,15,16). The Hall–Kier alpha value is -1.59. The molecule has 0 bridgehead atoms. The minimum absolute atomic E-state index is 0.422. The Labute approximate surface area is 101 Å². The molecule has 0 spiro atoms. The van der Waals surface area contributed by atoms with E-state index >= 15 is 0 Å². The second-order valence-electron chi connectivity index (χ2n) is 3.76. The molecule has 0 saturated heterocycles. The average Bonchev–Trinajstić information content (AvgIpc) is 2.35. The predicted molar refractivity (Wildman–Crippen MR) is 64.9 cm³/mol. The molecule has 0 aliphatic rings. The van der Waals surface area contributed by atoms with Gasteiger partial charge in [-0.2, -0.15) is 0 Å².